The molecule has 4 aromatic carbocycles. The van der Waals surface area contributed by atoms with E-state index in [-0.39, 0.29) is 5.75 Å². The van der Waals surface area contributed by atoms with Crippen molar-refractivity contribution >= 4 is 42.7 Å². The quantitative estimate of drug-likeness (QED) is 0.246. The first-order valence-electron chi connectivity index (χ1n) is 11.2. The molecule has 6 heteroatoms. The molecule has 0 atom stereocenters. The van der Waals surface area contributed by atoms with Crippen molar-refractivity contribution in [3.05, 3.63) is 110 Å². The summed E-state index contributed by atoms with van der Waals surface area (Å²) in [4.78, 5) is 9.26. The molecule has 1 N–H and O–H groups in total. The van der Waals surface area contributed by atoms with E-state index in [1.54, 1.807) is 23.7 Å². The summed E-state index contributed by atoms with van der Waals surface area (Å²) in [5.41, 5.74) is 6.50. The first kappa shape index (κ1) is 19.9. The number of hydrogen-bond donors (Lipinski definition) is 1. The fourth-order valence-electron chi connectivity index (χ4n) is 4.61. The number of benzene rings is 4. The van der Waals surface area contributed by atoms with E-state index in [0.717, 1.165) is 43.6 Å². The predicted molar refractivity (Wildman–Crippen MR) is 139 cm³/mol. The van der Waals surface area contributed by atoms with Crippen LogP contribution in [-0.2, 0) is 0 Å². The molecule has 0 amide bonds. The summed E-state index contributed by atoms with van der Waals surface area (Å²) >= 11 is 1.72. The highest BCUT2D eigenvalue weighted by molar-refractivity contribution is 7.26. The van der Waals surface area contributed by atoms with Crippen molar-refractivity contribution in [2.75, 3.05) is 0 Å². The van der Waals surface area contributed by atoms with Crippen LogP contribution in [0.25, 0.3) is 54.0 Å². The number of phenols is 1. The van der Waals surface area contributed by atoms with Gasteiger partial charge in [-0.3, -0.25) is 9.13 Å². The molecule has 0 aliphatic heterocycles. The van der Waals surface area contributed by atoms with Crippen molar-refractivity contribution in [3.8, 4) is 28.4 Å². The molecule has 7 aromatic rings. The molecule has 3 heterocycles. The second-order valence-electron chi connectivity index (χ2n) is 8.30. The fraction of sp³-hybridized carbons (Fsp3) is 0. The summed E-state index contributed by atoms with van der Waals surface area (Å²) in [6.07, 6.45) is 5.09. The topological polar surface area (TPSA) is 54.8 Å². The van der Waals surface area contributed by atoms with Gasteiger partial charge in [0.25, 0.3) is 6.33 Å². The Morgan fingerprint density at radius 1 is 0.829 bits per heavy atom. The van der Waals surface area contributed by atoms with Crippen LogP contribution in [0.4, 0.5) is 0 Å². The highest BCUT2D eigenvalue weighted by Crippen LogP contribution is 2.37. The van der Waals surface area contributed by atoms with Crippen LogP contribution in [0.2, 0.25) is 0 Å². The zero-order valence-electron chi connectivity index (χ0n) is 18.5. The number of fused-ring (bicyclic) bond motifs is 4. The molecule has 35 heavy (non-hydrogen) atoms. The van der Waals surface area contributed by atoms with E-state index in [9.17, 15) is 5.11 Å². The molecular weight excluding hydrogens is 452 g/mol. The maximum atomic E-state index is 10.5. The fourth-order valence-corrected chi connectivity index (χ4v) is 5.77. The average Bonchev–Trinajstić information content (AvgIpc) is 3.48. The minimum atomic E-state index is 0.207. The van der Waals surface area contributed by atoms with E-state index in [1.165, 1.54) is 4.70 Å². The molecule has 0 saturated heterocycles. The summed E-state index contributed by atoms with van der Waals surface area (Å²) in [7, 11) is 0. The van der Waals surface area contributed by atoms with Gasteiger partial charge in [0.05, 0.1) is 32.6 Å². The lowest BCUT2D eigenvalue weighted by Crippen LogP contribution is -2.29. The third-order valence-corrected chi connectivity index (χ3v) is 7.39. The number of para-hydroxylation sites is 4. The SMILES string of the molecule is Oc1ccccc1-n1[c-][n+](-c2cccc(-c3ncnc4c3sc3ccccc34)c2)c2ccccc21. The third-order valence-electron chi connectivity index (χ3n) is 6.22. The first-order valence-corrected chi connectivity index (χ1v) is 12.1. The van der Waals surface area contributed by atoms with Crippen LogP contribution < -0.4 is 4.57 Å². The third kappa shape index (κ3) is 3.11. The van der Waals surface area contributed by atoms with E-state index >= 15 is 0 Å². The summed E-state index contributed by atoms with van der Waals surface area (Å²) in [5.74, 6) is 0.207. The van der Waals surface area contributed by atoms with Crippen LogP contribution >= 0.6 is 11.3 Å². The average molecular weight is 471 g/mol. The van der Waals surface area contributed by atoms with Crippen molar-refractivity contribution in [3.63, 3.8) is 0 Å². The minimum absolute atomic E-state index is 0.207. The molecule has 0 aliphatic rings. The lowest BCUT2D eigenvalue weighted by Gasteiger charge is -2.07. The smallest absolute Gasteiger partial charge is 0.269 e. The van der Waals surface area contributed by atoms with E-state index in [1.807, 2.05) is 57.7 Å². The summed E-state index contributed by atoms with van der Waals surface area (Å²) in [6, 6.07) is 32.0. The van der Waals surface area contributed by atoms with Crippen molar-refractivity contribution in [2.24, 2.45) is 0 Å². The predicted octanol–water partition coefficient (Wildman–Crippen LogP) is 6.24. The molecule has 7 rings (SSSR count). The number of rotatable bonds is 3. The summed E-state index contributed by atoms with van der Waals surface area (Å²) in [6.45, 7) is 0. The molecule has 3 aromatic heterocycles. The Balaban J connectivity index is 1.43. The van der Waals surface area contributed by atoms with Crippen LogP contribution in [0.5, 0.6) is 5.75 Å². The number of thiophene rings is 1. The van der Waals surface area contributed by atoms with Crippen molar-refractivity contribution in [1.29, 1.82) is 0 Å². The standard InChI is InChI=1S/C29H18N4OS/c34-25-14-5-4-13-24(25)33-18-32(22-11-2-3-12-23(22)33)20-9-7-8-19(16-20)27-29-28(31-17-30-27)21-10-1-6-15-26(21)35-29/h1-17,34H. The lowest BCUT2D eigenvalue weighted by atomic mass is 10.1. The molecule has 0 fully saturated rings. The van der Waals surface area contributed by atoms with Gasteiger partial charge in [0.1, 0.15) is 17.8 Å². The Kier molecular flexibility index (Phi) is 4.40. The first-order chi connectivity index (χ1) is 17.3. The summed E-state index contributed by atoms with van der Waals surface area (Å²) < 4.78 is 6.20. The van der Waals surface area contributed by atoms with Crippen molar-refractivity contribution < 1.29 is 9.67 Å². The minimum Gasteiger partial charge on any atom is -0.511 e. The Labute approximate surface area is 204 Å². The van der Waals surface area contributed by atoms with E-state index in [4.69, 9.17) is 0 Å². The van der Waals surface area contributed by atoms with Gasteiger partial charge in [-0.2, -0.15) is 0 Å². The Bertz CT molecular complexity index is 1890. The number of aromatic hydroxyl groups is 1. The zero-order chi connectivity index (χ0) is 23.4. The Morgan fingerprint density at radius 3 is 2.60 bits per heavy atom. The number of aromatic nitrogens is 4. The molecule has 166 valence electrons. The number of hydrogen-bond acceptors (Lipinski definition) is 4. The number of imidazole rings is 1. The maximum Gasteiger partial charge on any atom is 0.269 e. The largest absolute Gasteiger partial charge is 0.511 e. The second-order valence-corrected chi connectivity index (χ2v) is 9.35. The van der Waals surface area contributed by atoms with Crippen LogP contribution in [0.1, 0.15) is 0 Å². The molecule has 0 saturated carbocycles. The monoisotopic (exact) mass is 470 g/mol. The second kappa shape index (κ2) is 7.75. The normalized spacial score (nSPS) is 11.5. The molecule has 0 radical (unpaired) electrons. The highest BCUT2D eigenvalue weighted by atomic mass is 32.1. The number of nitrogens with zero attached hydrogens (tertiary/aromatic N) is 4. The van der Waals surface area contributed by atoms with Crippen molar-refractivity contribution in [1.82, 2.24) is 14.5 Å². The van der Waals surface area contributed by atoms with Gasteiger partial charge in [-0.15, -0.1) is 11.3 Å². The van der Waals surface area contributed by atoms with Gasteiger partial charge in [0.15, 0.2) is 0 Å². The molecule has 0 unspecified atom stereocenters. The van der Waals surface area contributed by atoms with Crippen LogP contribution in [-0.4, -0.2) is 19.6 Å². The van der Waals surface area contributed by atoms with E-state index < -0.39 is 0 Å². The maximum absolute atomic E-state index is 10.5. The molecular formula is C29H18N4OS. The molecule has 5 nitrogen and oxygen atoms in total. The lowest BCUT2D eigenvalue weighted by molar-refractivity contribution is -0.572. The molecule has 0 aliphatic carbocycles. The molecule has 0 bridgehead atoms. The van der Waals surface area contributed by atoms with Crippen LogP contribution in [0.3, 0.4) is 0 Å². The zero-order valence-corrected chi connectivity index (χ0v) is 19.3. The Hall–Kier alpha value is -4.55. The van der Waals surface area contributed by atoms with E-state index in [0.29, 0.717) is 5.69 Å². The van der Waals surface area contributed by atoms with Crippen molar-refractivity contribution in [2.45, 2.75) is 0 Å². The van der Waals surface area contributed by atoms with Gasteiger partial charge < -0.3 is 5.11 Å². The van der Waals surface area contributed by atoms with Crippen LogP contribution in [0, 0.1) is 6.33 Å². The van der Waals surface area contributed by atoms with Gasteiger partial charge in [0, 0.05) is 10.1 Å². The molecule has 0 spiro atoms. The number of phenolic OH excluding ortho intramolecular Hbond substituents is 1. The van der Waals surface area contributed by atoms with Gasteiger partial charge in [0.2, 0.25) is 0 Å². The highest BCUT2D eigenvalue weighted by Gasteiger charge is 2.16. The van der Waals surface area contributed by atoms with Crippen LogP contribution in [0.15, 0.2) is 103 Å². The van der Waals surface area contributed by atoms with Gasteiger partial charge in [-0.1, -0.05) is 66.7 Å². The summed E-state index contributed by atoms with van der Waals surface area (Å²) in [5, 5.41) is 11.6. The van der Waals surface area contributed by atoms with Gasteiger partial charge in [-0.05, 0) is 35.9 Å². The van der Waals surface area contributed by atoms with Gasteiger partial charge >= 0.3 is 0 Å². The van der Waals surface area contributed by atoms with E-state index in [2.05, 4.69) is 58.8 Å². The van der Waals surface area contributed by atoms with Gasteiger partial charge in [-0.25, -0.2) is 9.97 Å². The Morgan fingerprint density at radius 2 is 1.66 bits per heavy atom.